The van der Waals surface area contributed by atoms with Crippen LogP contribution in [0.5, 0.6) is 0 Å². The third-order valence-corrected chi connectivity index (χ3v) is 3.28. The molecule has 17 heavy (non-hydrogen) atoms. The largest absolute Gasteiger partial charge is 0.299 e. The fourth-order valence-corrected chi connectivity index (χ4v) is 1.71. The van der Waals surface area contributed by atoms with Gasteiger partial charge in [-0.2, -0.15) is 5.26 Å². The minimum absolute atomic E-state index is 0.119. The molecule has 0 aliphatic rings. The molecule has 0 aliphatic carbocycles. The first-order valence-corrected chi connectivity index (χ1v) is 5.85. The zero-order valence-electron chi connectivity index (χ0n) is 10.9. The highest BCUT2D eigenvalue weighted by Gasteiger charge is 2.15. The molecule has 0 fully saturated rings. The van der Waals surface area contributed by atoms with E-state index in [0.29, 0.717) is 24.1 Å². The molecule has 0 saturated heterocycles. The van der Waals surface area contributed by atoms with E-state index < -0.39 is 5.82 Å². The predicted molar refractivity (Wildman–Crippen MR) is 66.9 cm³/mol. The third kappa shape index (κ3) is 3.28. The van der Waals surface area contributed by atoms with Gasteiger partial charge < -0.3 is 0 Å². The standard InChI is InChI=1S/C14H19FN2/c1-10(2)11(3)17(4)9-13-7-5-6-12(8-16)14(13)15/h5-7,10-11H,9H2,1-4H3. The molecule has 0 spiro atoms. The predicted octanol–water partition coefficient (Wildman–Crippen LogP) is 3.17. The quantitative estimate of drug-likeness (QED) is 0.800. The second-order valence-corrected chi connectivity index (χ2v) is 4.79. The normalized spacial score (nSPS) is 12.8. The van der Waals surface area contributed by atoms with E-state index in [2.05, 4.69) is 25.7 Å². The number of hydrogen-bond acceptors (Lipinski definition) is 2. The zero-order chi connectivity index (χ0) is 13.0. The number of nitriles is 1. The minimum atomic E-state index is -0.391. The first-order valence-electron chi connectivity index (χ1n) is 5.85. The molecule has 1 atom stereocenters. The third-order valence-electron chi connectivity index (χ3n) is 3.28. The number of hydrogen-bond donors (Lipinski definition) is 0. The fourth-order valence-electron chi connectivity index (χ4n) is 1.71. The maximum atomic E-state index is 13.8. The van der Waals surface area contributed by atoms with Gasteiger partial charge in [-0.15, -0.1) is 0 Å². The molecule has 0 amide bonds. The Morgan fingerprint density at radius 3 is 2.53 bits per heavy atom. The van der Waals surface area contributed by atoms with Gasteiger partial charge in [-0.1, -0.05) is 26.0 Å². The molecule has 1 aromatic carbocycles. The van der Waals surface area contributed by atoms with E-state index in [1.807, 2.05) is 13.1 Å². The number of rotatable bonds is 4. The summed E-state index contributed by atoms with van der Waals surface area (Å²) in [6.45, 7) is 6.93. The first-order chi connectivity index (χ1) is 7.97. The van der Waals surface area contributed by atoms with Crippen molar-refractivity contribution in [2.45, 2.75) is 33.4 Å². The summed E-state index contributed by atoms with van der Waals surface area (Å²) in [4.78, 5) is 2.10. The van der Waals surface area contributed by atoms with Gasteiger partial charge in [0.1, 0.15) is 11.9 Å². The molecule has 0 aliphatic heterocycles. The van der Waals surface area contributed by atoms with Crippen molar-refractivity contribution >= 4 is 0 Å². The highest BCUT2D eigenvalue weighted by Crippen LogP contribution is 2.17. The fraction of sp³-hybridized carbons (Fsp3) is 0.500. The van der Waals surface area contributed by atoms with Crippen LogP contribution < -0.4 is 0 Å². The smallest absolute Gasteiger partial charge is 0.145 e. The van der Waals surface area contributed by atoms with Crippen molar-refractivity contribution in [3.63, 3.8) is 0 Å². The molecular weight excluding hydrogens is 215 g/mol. The maximum Gasteiger partial charge on any atom is 0.145 e. The number of nitrogens with zero attached hydrogens (tertiary/aromatic N) is 2. The molecule has 1 rings (SSSR count). The van der Waals surface area contributed by atoms with Crippen molar-refractivity contribution in [1.82, 2.24) is 4.90 Å². The summed E-state index contributed by atoms with van der Waals surface area (Å²) in [6.07, 6.45) is 0. The number of benzene rings is 1. The van der Waals surface area contributed by atoms with Gasteiger partial charge in [-0.25, -0.2) is 4.39 Å². The maximum absolute atomic E-state index is 13.8. The van der Waals surface area contributed by atoms with Crippen LogP contribution in [0.25, 0.3) is 0 Å². The minimum Gasteiger partial charge on any atom is -0.299 e. The average Bonchev–Trinajstić information content (AvgIpc) is 2.30. The Hall–Kier alpha value is -1.40. The highest BCUT2D eigenvalue weighted by atomic mass is 19.1. The van der Waals surface area contributed by atoms with Crippen molar-refractivity contribution in [2.75, 3.05) is 7.05 Å². The van der Waals surface area contributed by atoms with E-state index in [0.717, 1.165) is 0 Å². The van der Waals surface area contributed by atoms with Crippen LogP contribution in [-0.4, -0.2) is 18.0 Å². The zero-order valence-corrected chi connectivity index (χ0v) is 10.9. The van der Waals surface area contributed by atoms with E-state index in [9.17, 15) is 4.39 Å². The van der Waals surface area contributed by atoms with E-state index in [1.54, 1.807) is 12.1 Å². The molecule has 0 radical (unpaired) electrons. The SMILES string of the molecule is CC(C)C(C)N(C)Cc1cccc(C#N)c1F. The molecule has 0 saturated carbocycles. The van der Waals surface area contributed by atoms with E-state index in [1.165, 1.54) is 6.07 Å². The summed E-state index contributed by atoms with van der Waals surface area (Å²) in [5, 5.41) is 8.77. The number of halogens is 1. The van der Waals surface area contributed by atoms with Gasteiger partial charge in [-0.3, -0.25) is 4.90 Å². The molecule has 0 heterocycles. The van der Waals surface area contributed by atoms with Gasteiger partial charge in [0.2, 0.25) is 0 Å². The van der Waals surface area contributed by atoms with Gasteiger partial charge in [0, 0.05) is 18.2 Å². The summed E-state index contributed by atoms with van der Waals surface area (Å²) >= 11 is 0. The van der Waals surface area contributed by atoms with E-state index in [4.69, 9.17) is 5.26 Å². The molecule has 1 unspecified atom stereocenters. The van der Waals surface area contributed by atoms with Gasteiger partial charge >= 0.3 is 0 Å². The summed E-state index contributed by atoms with van der Waals surface area (Å²) in [5.74, 6) is 0.125. The molecule has 1 aromatic rings. The van der Waals surface area contributed by atoms with Gasteiger partial charge in [0.15, 0.2) is 0 Å². The van der Waals surface area contributed by atoms with Crippen LogP contribution in [0.2, 0.25) is 0 Å². The van der Waals surface area contributed by atoms with Crippen LogP contribution in [0.4, 0.5) is 4.39 Å². The van der Waals surface area contributed by atoms with Crippen LogP contribution in [0, 0.1) is 23.1 Å². The van der Waals surface area contributed by atoms with Crippen molar-refractivity contribution in [2.24, 2.45) is 5.92 Å². The Morgan fingerprint density at radius 1 is 1.35 bits per heavy atom. The Labute approximate surface area is 103 Å². The Morgan fingerprint density at radius 2 is 2.00 bits per heavy atom. The lowest BCUT2D eigenvalue weighted by molar-refractivity contribution is 0.198. The molecule has 0 N–H and O–H groups in total. The van der Waals surface area contributed by atoms with Gasteiger partial charge in [0.25, 0.3) is 0 Å². The monoisotopic (exact) mass is 234 g/mol. The Kier molecular flexibility index (Phi) is 4.65. The molecule has 3 heteroatoms. The van der Waals surface area contributed by atoms with Crippen molar-refractivity contribution in [1.29, 1.82) is 5.26 Å². The lowest BCUT2D eigenvalue weighted by atomic mass is 10.0. The van der Waals surface area contributed by atoms with Crippen molar-refractivity contribution in [3.8, 4) is 6.07 Å². The topological polar surface area (TPSA) is 27.0 Å². The Bertz CT molecular complexity index is 421. The second-order valence-electron chi connectivity index (χ2n) is 4.79. The molecule has 0 bridgehead atoms. The highest BCUT2D eigenvalue weighted by molar-refractivity contribution is 5.34. The molecule has 92 valence electrons. The lowest BCUT2D eigenvalue weighted by Gasteiger charge is -2.28. The van der Waals surface area contributed by atoms with Gasteiger partial charge in [0.05, 0.1) is 5.56 Å². The molecular formula is C14H19FN2. The van der Waals surface area contributed by atoms with Crippen LogP contribution in [-0.2, 0) is 6.54 Å². The first kappa shape index (κ1) is 13.7. The summed E-state index contributed by atoms with van der Waals surface area (Å²) < 4.78 is 13.8. The van der Waals surface area contributed by atoms with E-state index in [-0.39, 0.29) is 5.56 Å². The summed E-state index contributed by atoms with van der Waals surface area (Å²) in [6, 6.07) is 7.21. The Balaban J connectivity index is 2.86. The average molecular weight is 234 g/mol. The summed E-state index contributed by atoms with van der Waals surface area (Å²) in [7, 11) is 1.98. The van der Waals surface area contributed by atoms with Crippen molar-refractivity contribution < 1.29 is 4.39 Å². The lowest BCUT2D eigenvalue weighted by Crippen LogP contribution is -2.33. The van der Waals surface area contributed by atoms with Crippen LogP contribution in [0.3, 0.4) is 0 Å². The molecule has 0 aromatic heterocycles. The summed E-state index contributed by atoms with van der Waals surface area (Å²) in [5.41, 5.74) is 0.701. The van der Waals surface area contributed by atoms with Crippen LogP contribution in [0.15, 0.2) is 18.2 Å². The molecule has 2 nitrogen and oxygen atoms in total. The second kappa shape index (κ2) is 5.79. The van der Waals surface area contributed by atoms with Crippen LogP contribution >= 0.6 is 0 Å². The van der Waals surface area contributed by atoms with Crippen molar-refractivity contribution in [3.05, 3.63) is 35.1 Å². The van der Waals surface area contributed by atoms with E-state index >= 15 is 0 Å². The van der Waals surface area contributed by atoms with Gasteiger partial charge in [-0.05, 0) is 26.0 Å². The van der Waals surface area contributed by atoms with Crippen LogP contribution in [0.1, 0.15) is 31.9 Å².